The van der Waals surface area contributed by atoms with E-state index in [1.165, 1.54) is 23.9 Å². The number of thioether (sulfide) groups is 1. The average molecular weight is 525 g/mol. The highest BCUT2D eigenvalue weighted by Gasteiger charge is 2.31. The number of hydrogen-bond acceptors (Lipinski definition) is 6. The Morgan fingerprint density at radius 3 is 2.58 bits per heavy atom. The van der Waals surface area contributed by atoms with Gasteiger partial charge in [0, 0.05) is 25.2 Å². The molecule has 0 unspecified atom stereocenters. The van der Waals surface area contributed by atoms with E-state index in [-0.39, 0.29) is 18.2 Å². The third kappa shape index (κ3) is 5.47. The molecule has 162 valence electrons. The molecule has 1 amide bonds. The minimum absolute atomic E-state index is 0.0217. The summed E-state index contributed by atoms with van der Waals surface area (Å²) in [7, 11) is 0. The smallest absolute Gasteiger partial charge is 0.269 e. The van der Waals surface area contributed by atoms with Crippen LogP contribution >= 0.6 is 39.3 Å². The molecule has 1 aliphatic heterocycles. The van der Waals surface area contributed by atoms with Crippen LogP contribution in [0.3, 0.4) is 0 Å². The molecule has 0 spiro atoms. The van der Waals surface area contributed by atoms with Gasteiger partial charge in [-0.25, -0.2) is 0 Å². The number of nitro benzene ring substituents is 1. The molecule has 1 heterocycles. The number of amides is 1. The van der Waals surface area contributed by atoms with Crippen LogP contribution in [-0.2, 0) is 11.4 Å². The normalized spacial score (nSPS) is 16.4. The van der Waals surface area contributed by atoms with Gasteiger partial charge < -0.3 is 4.74 Å². The maximum absolute atomic E-state index is 12.6. The zero-order valence-electron chi connectivity index (χ0n) is 16.8. The summed E-state index contributed by atoms with van der Waals surface area (Å²) >= 11 is 11.2. The number of nitro groups is 1. The van der Waals surface area contributed by atoms with Crippen molar-refractivity contribution in [3.63, 3.8) is 0 Å². The number of carbonyl (C=O) groups excluding carboxylic acids is 1. The molecule has 0 aromatic heterocycles. The van der Waals surface area contributed by atoms with Crippen molar-refractivity contribution in [2.24, 2.45) is 4.99 Å². The molecule has 1 saturated heterocycles. The van der Waals surface area contributed by atoms with Gasteiger partial charge in [-0.2, -0.15) is 0 Å². The second-order valence-electron chi connectivity index (χ2n) is 6.44. The molecule has 1 aliphatic rings. The highest BCUT2D eigenvalue weighted by molar-refractivity contribution is 9.10. The van der Waals surface area contributed by atoms with Gasteiger partial charge >= 0.3 is 0 Å². The molecule has 0 aliphatic carbocycles. The number of likely N-dealkylation sites (N-methyl/N-ethyl adjacent to an activating group) is 1. The maximum atomic E-state index is 12.6. The van der Waals surface area contributed by atoms with Crippen molar-refractivity contribution in [3.8, 4) is 5.75 Å². The average Bonchev–Trinajstić information content (AvgIpc) is 3.02. The van der Waals surface area contributed by atoms with Crippen molar-refractivity contribution in [1.29, 1.82) is 0 Å². The lowest BCUT2D eigenvalue weighted by Crippen LogP contribution is -2.28. The molecule has 0 bridgehead atoms. The molecule has 31 heavy (non-hydrogen) atoms. The number of ether oxygens (including phenoxy) is 1. The summed E-state index contributed by atoms with van der Waals surface area (Å²) in [6.07, 6.45) is 1.78. The summed E-state index contributed by atoms with van der Waals surface area (Å²) < 4.78 is 6.45. The van der Waals surface area contributed by atoms with Crippen LogP contribution in [0, 0.1) is 10.1 Å². The van der Waals surface area contributed by atoms with E-state index in [4.69, 9.17) is 16.3 Å². The van der Waals surface area contributed by atoms with Gasteiger partial charge in [0.25, 0.3) is 11.6 Å². The van der Waals surface area contributed by atoms with Gasteiger partial charge in [0.15, 0.2) is 10.9 Å². The number of halogens is 2. The Balaban J connectivity index is 1.77. The summed E-state index contributed by atoms with van der Waals surface area (Å²) in [6.45, 7) is 5.21. The summed E-state index contributed by atoms with van der Waals surface area (Å²) in [4.78, 5) is 29.6. The Bertz CT molecular complexity index is 1050. The molecular weight excluding hydrogens is 506 g/mol. The van der Waals surface area contributed by atoms with E-state index in [1.54, 1.807) is 29.2 Å². The highest BCUT2D eigenvalue weighted by atomic mass is 79.9. The first-order chi connectivity index (χ1) is 14.8. The van der Waals surface area contributed by atoms with Gasteiger partial charge in [-0.3, -0.25) is 24.8 Å². The molecule has 2 aromatic rings. The Labute approximate surface area is 197 Å². The fourth-order valence-electron chi connectivity index (χ4n) is 2.86. The van der Waals surface area contributed by atoms with Crippen molar-refractivity contribution in [2.75, 3.05) is 13.1 Å². The van der Waals surface area contributed by atoms with E-state index in [0.29, 0.717) is 38.4 Å². The largest absolute Gasteiger partial charge is 0.486 e. The minimum Gasteiger partial charge on any atom is -0.486 e. The van der Waals surface area contributed by atoms with E-state index >= 15 is 0 Å². The van der Waals surface area contributed by atoms with Crippen LogP contribution in [0.15, 0.2) is 50.8 Å². The van der Waals surface area contributed by atoms with Crippen LogP contribution in [0.25, 0.3) is 6.08 Å². The number of amidine groups is 1. The maximum Gasteiger partial charge on any atom is 0.269 e. The quantitative estimate of drug-likeness (QED) is 0.256. The zero-order chi connectivity index (χ0) is 22.5. The molecule has 0 N–H and O–H groups in total. The monoisotopic (exact) mass is 523 g/mol. The third-order valence-corrected chi connectivity index (χ3v) is 6.26. The van der Waals surface area contributed by atoms with Gasteiger partial charge in [0.1, 0.15) is 6.61 Å². The van der Waals surface area contributed by atoms with E-state index in [2.05, 4.69) is 20.9 Å². The van der Waals surface area contributed by atoms with E-state index in [1.807, 2.05) is 19.9 Å². The topological polar surface area (TPSA) is 85.0 Å². The zero-order valence-corrected chi connectivity index (χ0v) is 20.0. The number of rotatable bonds is 7. The van der Waals surface area contributed by atoms with Crippen LogP contribution in [0.1, 0.15) is 25.0 Å². The fraction of sp³-hybridized carbons (Fsp3) is 0.238. The Kier molecular flexibility index (Phi) is 7.74. The van der Waals surface area contributed by atoms with Crippen LogP contribution in [-0.4, -0.2) is 34.0 Å². The van der Waals surface area contributed by atoms with Crippen LogP contribution in [0.2, 0.25) is 5.02 Å². The van der Waals surface area contributed by atoms with Crippen molar-refractivity contribution in [3.05, 3.63) is 72.0 Å². The third-order valence-electron chi connectivity index (χ3n) is 4.35. The number of carbonyl (C=O) groups is 1. The number of non-ortho nitro benzene ring substituents is 1. The summed E-state index contributed by atoms with van der Waals surface area (Å²) in [6, 6.07) is 9.67. The first-order valence-electron chi connectivity index (χ1n) is 9.45. The number of benzene rings is 2. The summed E-state index contributed by atoms with van der Waals surface area (Å²) in [5, 5.41) is 11.8. The number of aliphatic imine (C=N–C) groups is 1. The van der Waals surface area contributed by atoms with Crippen molar-refractivity contribution in [2.45, 2.75) is 20.5 Å². The van der Waals surface area contributed by atoms with Gasteiger partial charge in [-0.05, 0) is 83.0 Å². The molecule has 2 aromatic carbocycles. The van der Waals surface area contributed by atoms with E-state index < -0.39 is 4.92 Å². The van der Waals surface area contributed by atoms with E-state index in [9.17, 15) is 14.9 Å². The Morgan fingerprint density at radius 1 is 1.29 bits per heavy atom. The molecule has 0 atom stereocenters. The highest BCUT2D eigenvalue weighted by Crippen LogP contribution is 2.38. The standard InChI is InChI=1S/C21H19BrClN3O4S/c1-3-24-21-25(4-2)20(27)18(31-21)11-14-9-16(22)19(17(23)10-14)30-12-13-5-7-15(8-6-13)26(28)29/h5-11H,3-4,12H2,1-2H3/b18-11+,24-21?. The second kappa shape index (κ2) is 10.3. The minimum atomic E-state index is -0.449. The SMILES string of the molecule is CCN=C1S/C(=C/c2cc(Cl)c(OCc3ccc([N+](=O)[O-])cc3)c(Br)c2)C(=O)N1CC. The van der Waals surface area contributed by atoms with Gasteiger partial charge in [-0.15, -0.1) is 0 Å². The predicted molar refractivity (Wildman–Crippen MR) is 128 cm³/mol. The van der Waals surface area contributed by atoms with E-state index in [0.717, 1.165) is 11.1 Å². The second-order valence-corrected chi connectivity index (χ2v) is 8.71. The lowest BCUT2D eigenvalue weighted by Gasteiger charge is -2.12. The predicted octanol–water partition coefficient (Wildman–Crippen LogP) is 5.90. The fourth-order valence-corrected chi connectivity index (χ4v) is 4.96. The van der Waals surface area contributed by atoms with Crippen LogP contribution in [0.5, 0.6) is 5.75 Å². The van der Waals surface area contributed by atoms with Crippen LogP contribution in [0.4, 0.5) is 5.69 Å². The Hall–Kier alpha value is -2.36. The van der Waals surface area contributed by atoms with Crippen LogP contribution < -0.4 is 4.74 Å². The van der Waals surface area contributed by atoms with Crippen molar-refractivity contribution in [1.82, 2.24) is 4.90 Å². The van der Waals surface area contributed by atoms with Gasteiger partial charge in [0.05, 0.1) is 19.3 Å². The molecular formula is C21H19BrClN3O4S. The number of hydrogen-bond donors (Lipinski definition) is 0. The molecule has 10 heteroatoms. The van der Waals surface area contributed by atoms with Crippen molar-refractivity contribution >= 4 is 62.1 Å². The number of nitrogens with zero attached hydrogens (tertiary/aromatic N) is 3. The summed E-state index contributed by atoms with van der Waals surface area (Å²) in [5.74, 6) is 0.376. The first-order valence-corrected chi connectivity index (χ1v) is 11.4. The lowest BCUT2D eigenvalue weighted by atomic mass is 10.2. The molecule has 7 nitrogen and oxygen atoms in total. The van der Waals surface area contributed by atoms with Crippen molar-refractivity contribution < 1.29 is 14.5 Å². The van der Waals surface area contributed by atoms with Gasteiger partial charge in [0.2, 0.25) is 0 Å². The van der Waals surface area contributed by atoms with Gasteiger partial charge in [-0.1, -0.05) is 11.6 Å². The molecule has 1 fully saturated rings. The Morgan fingerprint density at radius 2 is 2.00 bits per heavy atom. The molecule has 0 radical (unpaired) electrons. The first kappa shape index (κ1) is 23.3. The summed E-state index contributed by atoms with van der Waals surface area (Å²) in [5.41, 5.74) is 1.55. The lowest BCUT2D eigenvalue weighted by molar-refractivity contribution is -0.384. The molecule has 3 rings (SSSR count). The molecule has 0 saturated carbocycles.